The third-order valence-electron chi connectivity index (χ3n) is 5.87. The lowest BCUT2D eigenvalue weighted by molar-refractivity contribution is -0.138. The van der Waals surface area contributed by atoms with Crippen LogP contribution in [0.3, 0.4) is 0 Å². The van der Waals surface area contributed by atoms with Gasteiger partial charge in [-0.1, -0.05) is 48.5 Å². The number of amides is 2. The van der Waals surface area contributed by atoms with Crippen LogP contribution in [0.2, 0.25) is 0 Å². The average molecular weight is 468 g/mol. The SMILES string of the molecule is CN(C)CCC(NC(=O)OCC1c2ccccc2-c2ccccc21)C(=O)NC(C)(C)CC(=O)O. The number of hydrogen-bond donors (Lipinski definition) is 3. The molecule has 1 unspecified atom stereocenters. The molecule has 1 aliphatic carbocycles. The molecule has 0 aromatic heterocycles. The van der Waals surface area contributed by atoms with Crippen LogP contribution in [-0.2, 0) is 14.3 Å². The number of alkyl carbamates (subject to hydrolysis) is 1. The molecule has 182 valence electrons. The minimum atomic E-state index is -1.01. The zero-order valence-electron chi connectivity index (χ0n) is 20.1. The molecule has 0 saturated carbocycles. The van der Waals surface area contributed by atoms with Gasteiger partial charge >= 0.3 is 12.1 Å². The molecule has 8 nitrogen and oxygen atoms in total. The third kappa shape index (κ3) is 6.35. The van der Waals surface area contributed by atoms with E-state index in [0.717, 1.165) is 22.3 Å². The van der Waals surface area contributed by atoms with Gasteiger partial charge in [0, 0.05) is 11.5 Å². The fourth-order valence-electron chi connectivity index (χ4n) is 4.28. The molecule has 1 aliphatic rings. The highest BCUT2D eigenvalue weighted by atomic mass is 16.5. The number of aliphatic carboxylic acids is 1. The zero-order valence-corrected chi connectivity index (χ0v) is 20.1. The van der Waals surface area contributed by atoms with Gasteiger partial charge in [-0.2, -0.15) is 0 Å². The number of hydrogen-bond acceptors (Lipinski definition) is 5. The Hall–Kier alpha value is -3.39. The topological polar surface area (TPSA) is 108 Å². The summed E-state index contributed by atoms with van der Waals surface area (Å²) in [6.07, 6.45) is -0.562. The Bertz CT molecular complexity index is 1000. The van der Waals surface area contributed by atoms with Gasteiger partial charge in [0.25, 0.3) is 0 Å². The quantitative estimate of drug-likeness (QED) is 0.495. The van der Waals surface area contributed by atoms with Gasteiger partial charge in [-0.25, -0.2) is 4.79 Å². The fourth-order valence-corrected chi connectivity index (χ4v) is 4.28. The second-order valence-electron chi connectivity index (χ2n) is 9.56. The number of fused-ring (bicyclic) bond motifs is 3. The minimum Gasteiger partial charge on any atom is -0.481 e. The Kier molecular flexibility index (Phi) is 7.94. The summed E-state index contributed by atoms with van der Waals surface area (Å²) in [5.74, 6) is -1.54. The summed E-state index contributed by atoms with van der Waals surface area (Å²) in [6, 6.07) is 15.3. The highest BCUT2D eigenvalue weighted by Gasteiger charge is 2.31. The normalized spacial score (nSPS) is 13.7. The largest absolute Gasteiger partial charge is 0.481 e. The molecule has 0 spiro atoms. The van der Waals surface area contributed by atoms with Crippen LogP contribution >= 0.6 is 0 Å². The van der Waals surface area contributed by atoms with Gasteiger partial charge < -0.3 is 25.4 Å². The van der Waals surface area contributed by atoms with E-state index >= 15 is 0 Å². The molecular formula is C26H33N3O5. The van der Waals surface area contributed by atoms with Gasteiger partial charge in [0.2, 0.25) is 5.91 Å². The number of carbonyl (C=O) groups excluding carboxylic acids is 2. The summed E-state index contributed by atoms with van der Waals surface area (Å²) in [7, 11) is 3.74. The predicted molar refractivity (Wildman–Crippen MR) is 130 cm³/mol. The molecular weight excluding hydrogens is 434 g/mol. The van der Waals surface area contributed by atoms with Crippen molar-refractivity contribution in [3.8, 4) is 11.1 Å². The van der Waals surface area contributed by atoms with E-state index in [1.54, 1.807) is 13.8 Å². The van der Waals surface area contributed by atoms with Gasteiger partial charge in [-0.15, -0.1) is 0 Å². The highest BCUT2D eigenvalue weighted by Crippen LogP contribution is 2.44. The van der Waals surface area contributed by atoms with Crippen LogP contribution < -0.4 is 10.6 Å². The number of carboxylic acid groups (broad SMARTS) is 1. The molecule has 2 aromatic carbocycles. The molecule has 3 N–H and O–H groups in total. The van der Waals surface area contributed by atoms with Gasteiger partial charge in [0.15, 0.2) is 0 Å². The van der Waals surface area contributed by atoms with Crippen LogP contribution in [-0.4, -0.2) is 66.8 Å². The van der Waals surface area contributed by atoms with Crippen molar-refractivity contribution >= 4 is 18.0 Å². The Morgan fingerprint density at radius 2 is 1.59 bits per heavy atom. The number of benzene rings is 2. The number of ether oxygens (including phenoxy) is 1. The maximum absolute atomic E-state index is 12.9. The number of carboxylic acids is 1. The Morgan fingerprint density at radius 3 is 2.12 bits per heavy atom. The van der Waals surface area contributed by atoms with Gasteiger partial charge in [0.05, 0.1) is 6.42 Å². The molecule has 34 heavy (non-hydrogen) atoms. The zero-order chi connectivity index (χ0) is 24.9. The van der Waals surface area contributed by atoms with Crippen molar-refractivity contribution in [1.82, 2.24) is 15.5 Å². The van der Waals surface area contributed by atoms with E-state index in [4.69, 9.17) is 9.84 Å². The second kappa shape index (κ2) is 10.7. The summed E-state index contributed by atoms with van der Waals surface area (Å²) in [5.41, 5.74) is 3.52. The molecule has 0 aliphatic heterocycles. The molecule has 0 bridgehead atoms. The molecule has 8 heteroatoms. The van der Waals surface area contributed by atoms with Crippen molar-refractivity contribution in [2.75, 3.05) is 27.2 Å². The van der Waals surface area contributed by atoms with E-state index < -0.39 is 29.6 Å². The van der Waals surface area contributed by atoms with Crippen LogP contribution in [0.1, 0.15) is 43.7 Å². The molecule has 2 amide bonds. The van der Waals surface area contributed by atoms with Crippen LogP contribution in [0.4, 0.5) is 4.79 Å². The first-order valence-corrected chi connectivity index (χ1v) is 11.4. The molecule has 0 fully saturated rings. The highest BCUT2D eigenvalue weighted by molar-refractivity contribution is 5.86. The van der Waals surface area contributed by atoms with Crippen LogP contribution in [0.25, 0.3) is 11.1 Å². The lowest BCUT2D eigenvalue weighted by atomic mass is 9.98. The van der Waals surface area contributed by atoms with Crippen molar-refractivity contribution in [3.05, 3.63) is 59.7 Å². The first-order valence-electron chi connectivity index (χ1n) is 11.4. The first kappa shape index (κ1) is 25.2. The number of nitrogens with zero attached hydrogens (tertiary/aromatic N) is 1. The Morgan fingerprint density at radius 1 is 1.03 bits per heavy atom. The monoisotopic (exact) mass is 467 g/mol. The van der Waals surface area contributed by atoms with E-state index in [-0.39, 0.29) is 18.9 Å². The van der Waals surface area contributed by atoms with E-state index in [9.17, 15) is 14.4 Å². The van der Waals surface area contributed by atoms with E-state index in [1.165, 1.54) is 0 Å². The summed E-state index contributed by atoms with van der Waals surface area (Å²) in [6.45, 7) is 3.97. The fraction of sp³-hybridized carbons (Fsp3) is 0.423. The second-order valence-corrected chi connectivity index (χ2v) is 9.56. The molecule has 0 heterocycles. The van der Waals surface area contributed by atoms with Crippen LogP contribution in [0.5, 0.6) is 0 Å². The maximum atomic E-state index is 12.9. The summed E-state index contributed by atoms with van der Waals surface area (Å²) < 4.78 is 5.58. The maximum Gasteiger partial charge on any atom is 0.407 e. The summed E-state index contributed by atoms with van der Waals surface area (Å²) in [4.78, 5) is 38.6. The Balaban J connectivity index is 1.66. The van der Waals surface area contributed by atoms with E-state index in [0.29, 0.717) is 13.0 Å². The van der Waals surface area contributed by atoms with Gasteiger partial charge in [0.1, 0.15) is 12.6 Å². The minimum absolute atomic E-state index is 0.0818. The van der Waals surface area contributed by atoms with Gasteiger partial charge in [-0.3, -0.25) is 9.59 Å². The molecule has 1 atom stereocenters. The third-order valence-corrected chi connectivity index (χ3v) is 5.87. The lowest BCUT2D eigenvalue weighted by Crippen LogP contribution is -2.54. The molecule has 0 radical (unpaired) electrons. The van der Waals surface area contributed by atoms with E-state index in [1.807, 2.05) is 55.4 Å². The van der Waals surface area contributed by atoms with Crippen LogP contribution in [0.15, 0.2) is 48.5 Å². The molecule has 0 saturated heterocycles. The molecule has 3 rings (SSSR count). The standard InChI is InChI=1S/C26H33N3O5/c1-26(2,15-23(30)31)28-24(32)22(13-14-29(3)4)27-25(33)34-16-21-19-11-7-5-9-17(19)18-10-6-8-12-20(18)21/h5-12,21-22H,13-16H2,1-4H3,(H,27,33)(H,28,32)(H,30,31). The van der Waals surface area contributed by atoms with Crippen molar-refractivity contribution < 1.29 is 24.2 Å². The summed E-state index contributed by atoms with van der Waals surface area (Å²) in [5, 5.41) is 14.5. The lowest BCUT2D eigenvalue weighted by Gasteiger charge is -2.28. The molecule has 2 aromatic rings. The van der Waals surface area contributed by atoms with E-state index in [2.05, 4.69) is 22.8 Å². The van der Waals surface area contributed by atoms with Crippen molar-refractivity contribution in [3.63, 3.8) is 0 Å². The number of nitrogens with one attached hydrogen (secondary N) is 2. The average Bonchev–Trinajstić information content (AvgIpc) is 3.07. The van der Waals surface area contributed by atoms with Crippen LogP contribution in [0, 0.1) is 0 Å². The summed E-state index contributed by atoms with van der Waals surface area (Å²) >= 11 is 0. The Labute approximate surface area is 200 Å². The van der Waals surface area contributed by atoms with Crippen molar-refractivity contribution in [1.29, 1.82) is 0 Å². The van der Waals surface area contributed by atoms with Crippen molar-refractivity contribution in [2.24, 2.45) is 0 Å². The smallest absolute Gasteiger partial charge is 0.407 e. The number of carbonyl (C=O) groups is 3. The number of rotatable bonds is 10. The van der Waals surface area contributed by atoms with Gasteiger partial charge in [-0.05, 0) is 63.2 Å². The van der Waals surface area contributed by atoms with Crippen molar-refractivity contribution in [2.45, 2.75) is 44.2 Å². The first-order chi connectivity index (χ1) is 16.1. The predicted octanol–water partition coefficient (Wildman–Crippen LogP) is 3.21.